The van der Waals surface area contributed by atoms with Gasteiger partial charge in [0.1, 0.15) is 5.82 Å². The lowest BCUT2D eigenvalue weighted by Gasteiger charge is -2.16. The Balaban J connectivity index is 1.99. The molecular weight excluding hydrogens is 303 g/mol. The summed E-state index contributed by atoms with van der Waals surface area (Å²) in [6.45, 7) is 1.66. The van der Waals surface area contributed by atoms with Gasteiger partial charge in [0.2, 0.25) is 0 Å². The first-order chi connectivity index (χ1) is 10.5. The standard InChI is InChI=1S/C16H17FN2O2S/c1-11(19(21)16(18)20)2-7-15-9-13(10-22-15)8-12-3-5-14(17)6-4-12/h2-7,9-11,21H,8H2,1H3,(H2,18,20)/b7-2-. The predicted molar refractivity (Wildman–Crippen MR) is 85.2 cm³/mol. The van der Waals surface area contributed by atoms with Gasteiger partial charge in [0.15, 0.2) is 0 Å². The van der Waals surface area contributed by atoms with Gasteiger partial charge in [0.25, 0.3) is 0 Å². The Morgan fingerprint density at radius 3 is 2.73 bits per heavy atom. The maximum absolute atomic E-state index is 12.9. The van der Waals surface area contributed by atoms with Crippen molar-refractivity contribution in [3.63, 3.8) is 0 Å². The number of thiophene rings is 1. The Morgan fingerprint density at radius 1 is 1.41 bits per heavy atom. The fourth-order valence-corrected chi connectivity index (χ4v) is 2.74. The van der Waals surface area contributed by atoms with E-state index in [1.54, 1.807) is 36.5 Å². The third kappa shape index (κ3) is 4.41. The first-order valence-electron chi connectivity index (χ1n) is 6.73. The number of primary amides is 1. The zero-order valence-corrected chi connectivity index (χ0v) is 12.9. The Bertz CT molecular complexity index is 667. The summed E-state index contributed by atoms with van der Waals surface area (Å²) in [5, 5.41) is 11.9. The van der Waals surface area contributed by atoms with Crippen molar-refractivity contribution < 1.29 is 14.4 Å². The number of carbonyl (C=O) groups excluding carboxylic acids is 1. The smallest absolute Gasteiger partial charge is 0.339 e. The van der Waals surface area contributed by atoms with Crippen molar-refractivity contribution in [2.45, 2.75) is 19.4 Å². The van der Waals surface area contributed by atoms with E-state index in [-0.39, 0.29) is 5.82 Å². The van der Waals surface area contributed by atoms with E-state index < -0.39 is 12.1 Å². The molecule has 0 aliphatic rings. The van der Waals surface area contributed by atoms with E-state index in [1.165, 1.54) is 12.1 Å². The zero-order chi connectivity index (χ0) is 16.1. The molecule has 3 N–H and O–H groups in total. The van der Waals surface area contributed by atoms with Gasteiger partial charge in [-0.25, -0.2) is 9.18 Å². The van der Waals surface area contributed by atoms with E-state index in [1.807, 2.05) is 17.5 Å². The van der Waals surface area contributed by atoms with E-state index in [0.717, 1.165) is 22.4 Å². The molecule has 0 bridgehead atoms. The molecule has 6 heteroatoms. The summed E-state index contributed by atoms with van der Waals surface area (Å²) in [4.78, 5) is 11.8. The SMILES string of the molecule is CC(/C=C\c1cc(Cc2ccc(F)cc2)cs1)N(O)C(N)=O. The van der Waals surface area contributed by atoms with Crippen molar-refractivity contribution in [1.82, 2.24) is 5.06 Å². The van der Waals surface area contributed by atoms with Gasteiger partial charge in [-0.1, -0.05) is 18.2 Å². The van der Waals surface area contributed by atoms with Crippen molar-refractivity contribution >= 4 is 23.4 Å². The fraction of sp³-hybridized carbons (Fsp3) is 0.188. The van der Waals surface area contributed by atoms with Crippen molar-refractivity contribution in [2.24, 2.45) is 5.73 Å². The Labute approximate surface area is 132 Å². The molecule has 2 aromatic rings. The summed E-state index contributed by atoms with van der Waals surface area (Å²) < 4.78 is 12.9. The number of carbonyl (C=O) groups is 1. The van der Waals surface area contributed by atoms with Gasteiger partial charge in [-0.05, 0) is 54.1 Å². The van der Waals surface area contributed by atoms with Crippen LogP contribution < -0.4 is 5.73 Å². The van der Waals surface area contributed by atoms with E-state index >= 15 is 0 Å². The summed E-state index contributed by atoms with van der Waals surface area (Å²) in [5.41, 5.74) is 7.15. The molecule has 1 aromatic carbocycles. The highest BCUT2D eigenvalue weighted by Gasteiger charge is 2.11. The van der Waals surface area contributed by atoms with E-state index in [0.29, 0.717) is 5.06 Å². The number of hydrogen-bond acceptors (Lipinski definition) is 3. The molecule has 1 heterocycles. The molecule has 0 aliphatic carbocycles. The molecule has 1 unspecified atom stereocenters. The monoisotopic (exact) mass is 320 g/mol. The first kappa shape index (κ1) is 16.2. The minimum absolute atomic E-state index is 0.241. The zero-order valence-electron chi connectivity index (χ0n) is 12.1. The van der Waals surface area contributed by atoms with Crippen LogP contribution in [0.2, 0.25) is 0 Å². The number of rotatable bonds is 5. The molecule has 2 amide bonds. The number of halogens is 1. The number of benzene rings is 1. The largest absolute Gasteiger partial charge is 0.350 e. The lowest BCUT2D eigenvalue weighted by atomic mass is 10.1. The van der Waals surface area contributed by atoms with Crippen molar-refractivity contribution in [2.75, 3.05) is 0 Å². The molecule has 0 fully saturated rings. The second-order valence-corrected chi connectivity index (χ2v) is 5.89. The Morgan fingerprint density at radius 2 is 2.09 bits per heavy atom. The molecule has 1 aromatic heterocycles. The first-order valence-corrected chi connectivity index (χ1v) is 7.61. The van der Waals surface area contributed by atoms with Crippen LogP contribution in [0.15, 0.2) is 41.8 Å². The van der Waals surface area contributed by atoms with Crippen LogP contribution in [0.4, 0.5) is 9.18 Å². The molecule has 0 radical (unpaired) electrons. The lowest BCUT2D eigenvalue weighted by Crippen LogP contribution is -2.38. The molecule has 0 saturated heterocycles. The lowest BCUT2D eigenvalue weighted by molar-refractivity contribution is -0.0560. The van der Waals surface area contributed by atoms with Gasteiger partial charge in [0, 0.05) is 4.88 Å². The number of nitrogens with two attached hydrogens (primary N) is 1. The van der Waals surface area contributed by atoms with Gasteiger partial charge in [-0.3, -0.25) is 5.21 Å². The average molecular weight is 320 g/mol. The highest BCUT2D eigenvalue weighted by Crippen LogP contribution is 2.20. The Hall–Kier alpha value is -2.18. The van der Waals surface area contributed by atoms with Gasteiger partial charge < -0.3 is 5.73 Å². The van der Waals surface area contributed by atoms with Gasteiger partial charge in [0.05, 0.1) is 6.04 Å². The summed E-state index contributed by atoms with van der Waals surface area (Å²) in [6.07, 6.45) is 4.25. The van der Waals surface area contributed by atoms with Crippen LogP contribution in [0.5, 0.6) is 0 Å². The summed E-state index contributed by atoms with van der Waals surface area (Å²) in [7, 11) is 0. The third-order valence-electron chi connectivity index (χ3n) is 3.15. The molecule has 0 aliphatic heterocycles. The predicted octanol–water partition coefficient (Wildman–Crippen LogP) is 3.65. The topological polar surface area (TPSA) is 66.6 Å². The maximum atomic E-state index is 12.9. The second kappa shape index (κ2) is 7.20. The summed E-state index contributed by atoms with van der Waals surface area (Å²) in [6, 6.07) is 7.06. The molecule has 1 atom stereocenters. The Kier molecular flexibility index (Phi) is 5.30. The van der Waals surface area contributed by atoms with Crippen LogP contribution in [0.1, 0.15) is 22.9 Å². The van der Waals surface area contributed by atoms with E-state index in [9.17, 15) is 14.4 Å². The van der Waals surface area contributed by atoms with Crippen LogP contribution in [0, 0.1) is 5.82 Å². The number of nitrogens with zero attached hydrogens (tertiary/aromatic N) is 1. The molecule has 2 rings (SSSR count). The normalized spacial score (nSPS) is 12.5. The molecule has 0 spiro atoms. The minimum Gasteiger partial charge on any atom is -0.350 e. The van der Waals surface area contributed by atoms with Crippen LogP contribution in [0.25, 0.3) is 6.08 Å². The van der Waals surface area contributed by atoms with Crippen LogP contribution in [-0.4, -0.2) is 22.3 Å². The van der Waals surface area contributed by atoms with Crippen molar-refractivity contribution in [3.05, 3.63) is 63.6 Å². The van der Waals surface area contributed by atoms with Crippen LogP contribution >= 0.6 is 11.3 Å². The number of urea groups is 1. The van der Waals surface area contributed by atoms with Gasteiger partial charge >= 0.3 is 6.03 Å². The van der Waals surface area contributed by atoms with Crippen molar-refractivity contribution in [1.29, 1.82) is 0 Å². The molecule has 22 heavy (non-hydrogen) atoms. The quantitative estimate of drug-likeness (QED) is 0.652. The highest BCUT2D eigenvalue weighted by atomic mass is 32.1. The van der Waals surface area contributed by atoms with Crippen LogP contribution in [-0.2, 0) is 6.42 Å². The number of hydrogen-bond donors (Lipinski definition) is 2. The van der Waals surface area contributed by atoms with Gasteiger partial charge in [-0.15, -0.1) is 11.3 Å². The van der Waals surface area contributed by atoms with Gasteiger partial charge in [-0.2, -0.15) is 5.06 Å². The van der Waals surface area contributed by atoms with E-state index in [2.05, 4.69) is 0 Å². The summed E-state index contributed by atoms with van der Waals surface area (Å²) in [5.74, 6) is -0.241. The summed E-state index contributed by atoms with van der Waals surface area (Å²) >= 11 is 1.56. The molecule has 4 nitrogen and oxygen atoms in total. The highest BCUT2D eigenvalue weighted by molar-refractivity contribution is 7.11. The molecule has 0 saturated carbocycles. The van der Waals surface area contributed by atoms with E-state index in [4.69, 9.17) is 5.73 Å². The third-order valence-corrected chi connectivity index (χ3v) is 4.09. The molecular formula is C16H17FN2O2S. The molecule has 116 valence electrons. The average Bonchev–Trinajstić information content (AvgIpc) is 2.94. The maximum Gasteiger partial charge on any atom is 0.339 e. The number of hydroxylamine groups is 2. The van der Waals surface area contributed by atoms with Crippen molar-refractivity contribution in [3.8, 4) is 0 Å². The second-order valence-electron chi connectivity index (χ2n) is 4.94. The fourth-order valence-electron chi connectivity index (χ4n) is 1.93. The minimum atomic E-state index is -0.889. The van der Waals surface area contributed by atoms with Crippen LogP contribution in [0.3, 0.4) is 0 Å². The number of amides is 2.